The average molecular weight is 397 g/mol. The van der Waals surface area contributed by atoms with Crippen LogP contribution in [0.4, 0.5) is 4.39 Å². The molecule has 0 fully saturated rings. The molecule has 2 aromatic rings. The molecule has 0 aromatic heterocycles. The van der Waals surface area contributed by atoms with Crippen molar-refractivity contribution in [3.8, 4) is 17.2 Å². The second-order valence-electron chi connectivity index (χ2n) is 4.59. The van der Waals surface area contributed by atoms with Gasteiger partial charge >= 0.3 is 0 Å². The number of benzene rings is 2. The van der Waals surface area contributed by atoms with Gasteiger partial charge in [0.05, 0.1) is 13.3 Å². The molecular formula is C16H14BrFN2O4. The predicted octanol–water partition coefficient (Wildman–Crippen LogP) is 2.83. The van der Waals surface area contributed by atoms with E-state index in [9.17, 15) is 14.3 Å². The summed E-state index contributed by atoms with van der Waals surface area (Å²) in [6.45, 7) is -0.325. The largest absolute Gasteiger partial charge is 0.504 e. The third-order valence-electron chi connectivity index (χ3n) is 2.85. The van der Waals surface area contributed by atoms with E-state index in [2.05, 4.69) is 26.5 Å². The number of rotatable bonds is 6. The number of phenolic OH excluding ortho intramolecular Hbond substituents is 1. The second kappa shape index (κ2) is 8.30. The number of nitrogens with zero attached hydrogens (tertiary/aromatic N) is 1. The molecule has 0 aliphatic rings. The number of carbonyl (C=O) groups is 1. The van der Waals surface area contributed by atoms with Crippen LogP contribution in [0.3, 0.4) is 0 Å². The van der Waals surface area contributed by atoms with Gasteiger partial charge in [-0.05, 0) is 24.3 Å². The van der Waals surface area contributed by atoms with Crippen molar-refractivity contribution in [2.45, 2.75) is 0 Å². The molecule has 2 aromatic carbocycles. The number of phenols is 1. The van der Waals surface area contributed by atoms with Crippen molar-refractivity contribution in [2.24, 2.45) is 5.10 Å². The van der Waals surface area contributed by atoms with Gasteiger partial charge in [-0.2, -0.15) is 5.10 Å². The summed E-state index contributed by atoms with van der Waals surface area (Å²) < 4.78 is 23.8. The Labute approximate surface area is 146 Å². The van der Waals surface area contributed by atoms with E-state index in [-0.39, 0.29) is 23.9 Å². The number of nitrogens with one attached hydrogen (secondary N) is 1. The first-order valence-corrected chi connectivity index (χ1v) is 7.55. The Kier molecular flexibility index (Phi) is 6.14. The van der Waals surface area contributed by atoms with Crippen LogP contribution in [0, 0.1) is 5.82 Å². The lowest BCUT2D eigenvalue weighted by Gasteiger charge is -2.07. The first-order chi connectivity index (χ1) is 11.5. The standard InChI is InChI=1S/C16H14BrFN2O4/c1-23-14-6-11(17)5-10(16(14)22)8-19-20-15(21)9-24-13-4-2-3-12(18)7-13/h2-8,22H,9H2,1H3,(H,20,21)/b19-8+. The highest BCUT2D eigenvalue weighted by molar-refractivity contribution is 9.10. The van der Waals surface area contributed by atoms with Crippen LogP contribution < -0.4 is 14.9 Å². The maximum Gasteiger partial charge on any atom is 0.277 e. The van der Waals surface area contributed by atoms with Crippen LogP contribution in [0.5, 0.6) is 17.2 Å². The van der Waals surface area contributed by atoms with E-state index in [0.717, 1.165) is 0 Å². The van der Waals surface area contributed by atoms with Crippen molar-refractivity contribution in [1.29, 1.82) is 0 Å². The van der Waals surface area contributed by atoms with Crippen LogP contribution in [-0.4, -0.2) is 30.9 Å². The number of ether oxygens (including phenoxy) is 2. The summed E-state index contributed by atoms with van der Waals surface area (Å²) in [4.78, 5) is 11.6. The van der Waals surface area contributed by atoms with Gasteiger partial charge in [0.15, 0.2) is 18.1 Å². The van der Waals surface area contributed by atoms with E-state index in [0.29, 0.717) is 10.0 Å². The molecule has 0 saturated carbocycles. The molecule has 0 aliphatic heterocycles. The van der Waals surface area contributed by atoms with E-state index in [4.69, 9.17) is 9.47 Å². The zero-order valence-electron chi connectivity index (χ0n) is 12.6. The molecule has 6 nitrogen and oxygen atoms in total. The zero-order chi connectivity index (χ0) is 17.5. The molecule has 0 spiro atoms. The average Bonchev–Trinajstić information content (AvgIpc) is 2.55. The van der Waals surface area contributed by atoms with Gasteiger partial charge in [-0.1, -0.05) is 22.0 Å². The summed E-state index contributed by atoms with van der Waals surface area (Å²) in [5.41, 5.74) is 2.60. The van der Waals surface area contributed by atoms with Crippen LogP contribution in [0.1, 0.15) is 5.56 Å². The molecule has 1 amide bonds. The quantitative estimate of drug-likeness (QED) is 0.581. The topological polar surface area (TPSA) is 80.2 Å². The van der Waals surface area contributed by atoms with Gasteiger partial charge in [0, 0.05) is 16.1 Å². The van der Waals surface area contributed by atoms with E-state index >= 15 is 0 Å². The number of hydrazone groups is 1. The monoisotopic (exact) mass is 396 g/mol. The number of carbonyl (C=O) groups excluding carboxylic acids is 1. The van der Waals surface area contributed by atoms with Crippen LogP contribution in [0.25, 0.3) is 0 Å². The molecule has 0 unspecified atom stereocenters. The lowest BCUT2D eigenvalue weighted by molar-refractivity contribution is -0.123. The molecule has 2 rings (SSSR count). The van der Waals surface area contributed by atoms with Gasteiger partial charge in [0.25, 0.3) is 5.91 Å². The second-order valence-corrected chi connectivity index (χ2v) is 5.50. The number of hydrogen-bond acceptors (Lipinski definition) is 5. The molecule has 0 bridgehead atoms. The number of aromatic hydroxyl groups is 1. The Morgan fingerprint density at radius 3 is 2.92 bits per heavy atom. The third kappa shape index (κ3) is 4.95. The van der Waals surface area contributed by atoms with Crippen molar-refractivity contribution in [1.82, 2.24) is 5.43 Å². The van der Waals surface area contributed by atoms with Crippen LogP contribution in [0.15, 0.2) is 46.0 Å². The fourth-order valence-corrected chi connectivity index (χ4v) is 2.21. The van der Waals surface area contributed by atoms with Gasteiger partial charge in [0.2, 0.25) is 0 Å². The van der Waals surface area contributed by atoms with E-state index in [1.54, 1.807) is 12.1 Å². The highest BCUT2D eigenvalue weighted by Crippen LogP contribution is 2.32. The summed E-state index contributed by atoms with van der Waals surface area (Å²) in [5, 5.41) is 13.7. The normalized spacial score (nSPS) is 10.6. The SMILES string of the molecule is COc1cc(Br)cc(/C=N/NC(=O)COc2cccc(F)c2)c1O. The van der Waals surface area contributed by atoms with Gasteiger partial charge in [-0.15, -0.1) is 0 Å². The minimum Gasteiger partial charge on any atom is -0.504 e. The van der Waals surface area contributed by atoms with E-state index < -0.39 is 11.7 Å². The van der Waals surface area contributed by atoms with E-state index in [1.807, 2.05) is 0 Å². The number of halogens is 2. The van der Waals surface area contributed by atoms with Crippen LogP contribution >= 0.6 is 15.9 Å². The highest BCUT2D eigenvalue weighted by Gasteiger charge is 2.08. The summed E-state index contributed by atoms with van der Waals surface area (Å²) >= 11 is 3.27. The molecule has 0 radical (unpaired) electrons. The fourth-order valence-electron chi connectivity index (χ4n) is 1.76. The first kappa shape index (κ1) is 17.7. The highest BCUT2D eigenvalue weighted by atomic mass is 79.9. The Morgan fingerprint density at radius 2 is 2.21 bits per heavy atom. The minimum absolute atomic E-state index is 0.102. The van der Waals surface area contributed by atoms with Crippen molar-refractivity contribution in [2.75, 3.05) is 13.7 Å². The maximum atomic E-state index is 13.0. The smallest absolute Gasteiger partial charge is 0.277 e. The van der Waals surface area contributed by atoms with Crippen molar-refractivity contribution < 1.29 is 23.8 Å². The maximum absolute atomic E-state index is 13.0. The van der Waals surface area contributed by atoms with Gasteiger partial charge in [-0.3, -0.25) is 4.79 Å². The lowest BCUT2D eigenvalue weighted by atomic mass is 10.2. The van der Waals surface area contributed by atoms with Gasteiger partial charge in [0.1, 0.15) is 11.6 Å². The Morgan fingerprint density at radius 1 is 1.42 bits per heavy atom. The molecule has 0 aliphatic carbocycles. The predicted molar refractivity (Wildman–Crippen MR) is 90.0 cm³/mol. The van der Waals surface area contributed by atoms with Gasteiger partial charge < -0.3 is 14.6 Å². The Hall–Kier alpha value is -2.61. The summed E-state index contributed by atoms with van der Waals surface area (Å²) in [6, 6.07) is 8.66. The fraction of sp³-hybridized carbons (Fsp3) is 0.125. The van der Waals surface area contributed by atoms with E-state index in [1.165, 1.54) is 37.6 Å². The molecule has 8 heteroatoms. The Bertz CT molecular complexity index is 768. The van der Waals surface area contributed by atoms with Crippen LogP contribution in [0.2, 0.25) is 0 Å². The minimum atomic E-state index is -0.531. The number of methoxy groups -OCH3 is 1. The van der Waals surface area contributed by atoms with Gasteiger partial charge in [-0.25, -0.2) is 9.82 Å². The van der Waals surface area contributed by atoms with Crippen LogP contribution in [-0.2, 0) is 4.79 Å². The zero-order valence-corrected chi connectivity index (χ0v) is 14.2. The molecule has 2 N–H and O–H groups in total. The first-order valence-electron chi connectivity index (χ1n) is 6.76. The molecule has 0 atom stereocenters. The number of hydrogen-bond donors (Lipinski definition) is 2. The van der Waals surface area contributed by atoms with Crippen molar-refractivity contribution >= 4 is 28.1 Å². The molecule has 0 saturated heterocycles. The summed E-state index contributed by atoms with van der Waals surface area (Å²) in [6.07, 6.45) is 1.27. The number of amides is 1. The molecule has 0 heterocycles. The molecule has 24 heavy (non-hydrogen) atoms. The third-order valence-corrected chi connectivity index (χ3v) is 3.31. The van der Waals surface area contributed by atoms with Crippen molar-refractivity contribution in [3.05, 3.63) is 52.3 Å². The molecular weight excluding hydrogens is 383 g/mol. The lowest BCUT2D eigenvalue weighted by Crippen LogP contribution is -2.24. The summed E-state index contributed by atoms with van der Waals surface area (Å²) in [5.74, 6) is -0.577. The summed E-state index contributed by atoms with van der Waals surface area (Å²) in [7, 11) is 1.42. The Balaban J connectivity index is 1.92. The van der Waals surface area contributed by atoms with Crippen molar-refractivity contribution in [3.63, 3.8) is 0 Å². The molecule has 126 valence electrons.